The highest BCUT2D eigenvalue weighted by molar-refractivity contribution is 5.88. The number of carbonyl (C=O) groups is 1. The zero-order chi connectivity index (χ0) is 15.9. The number of aromatic nitrogens is 2. The molecule has 0 unspecified atom stereocenters. The monoisotopic (exact) mass is 302 g/mol. The summed E-state index contributed by atoms with van der Waals surface area (Å²) in [4.78, 5) is 13.8. The van der Waals surface area contributed by atoms with E-state index >= 15 is 0 Å². The van der Waals surface area contributed by atoms with Crippen LogP contribution in [-0.4, -0.2) is 45.5 Å². The molecule has 0 spiro atoms. The van der Waals surface area contributed by atoms with Crippen LogP contribution in [-0.2, 0) is 6.54 Å². The minimum atomic E-state index is -0.231. The summed E-state index contributed by atoms with van der Waals surface area (Å²) in [7, 11) is 0. The first-order valence-corrected chi connectivity index (χ1v) is 7.39. The maximum absolute atomic E-state index is 12.2. The van der Waals surface area contributed by atoms with Gasteiger partial charge in [-0.2, -0.15) is 5.10 Å². The Kier molecular flexibility index (Phi) is 5.55. The third-order valence-corrected chi connectivity index (χ3v) is 3.35. The highest BCUT2D eigenvalue weighted by Crippen LogP contribution is 2.13. The summed E-state index contributed by atoms with van der Waals surface area (Å²) in [6.45, 7) is 5.16. The lowest BCUT2D eigenvalue weighted by Gasteiger charge is -2.20. The molecule has 0 saturated carbocycles. The largest absolute Gasteiger partial charge is 0.395 e. The second-order valence-corrected chi connectivity index (χ2v) is 5.05. The molecule has 6 nitrogen and oxygen atoms in total. The van der Waals surface area contributed by atoms with Gasteiger partial charge in [-0.1, -0.05) is 30.3 Å². The smallest absolute Gasteiger partial charge is 0.323 e. The van der Waals surface area contributed by atoms with Gasteiger partial charge in [0.15, 0.2) is 0 Å². The predicted octanol–water partition coefficient (Wildman–Crippen LogP) is 2.09. The number of amides is 2. The van der Waals surface area contributed by atoms with E-state index in [1.54, 1.807) is 9.58 Å². The fourth-order valence-electron chi connectivity index (χ4n) is 2.24. The summed E-state index contributed by atoms with van der Waals surface area (Å²) in [5, 5.41) is 16.3. The number of urea groups is 1. The van der Waals surface area contributed by atoms with Crippen molar-refractivity contribution in [3.63, 3.8) is 0 Å². The van der Waals surface area contributed by atoms with E-state index in [2.05, 4.69) is 10.4 Å². The maximum Gasteiger partial charge on any atom is 0.323 e. The first kappa shape index (κ1) is 16.0. The van der Waals surface area contributed by atoms with E-state index in [0.717, 1.165) is 11.3 Å². The Morgan fingerprint density at radius 2 is 2.09 bits per heavy atom. The molecule has 2 N–H and O–H groups in total. The number of benzene rings is 1. The van der Waals surface area contributed by atoms with E-state index in [4.69, 9.17) is 5.11 Å². The molecule has 22 heavy (non-hydrogen) atoms. The average molecular weight is 302 g/mol. The zero-order valence-corrected chi connectivity index (χ0v) is 13.0. The molecule has 1 heterocycles. The topological polar surface area (TPSA) is 70.4 Å². The third kappa shape index (κ3) is 4.08. The minimum Gasteiger partial charge on any atom is -0.395 e. The molecule has 6 heteroatoms. The Bertz CT molecular complexity index is 610. The quantitative estimate of drug-likeness (QED) is 0.858. The van der Waals surface area contributed by atoms with E-state index in [1.165, 1.54) is 0 Å². The summed E-state index contributed by atoms with van der Waals surface area (Å²) in [5.41, 5.74) is 1.96. The van der Waals surface area contributed by atoms with Crippen LogP contribution < -0.4 is 5.32 Å². The molecule has 118 valence electrons. The number of aryl methyl sites for hydroxylation is 1. The van der Waals surface area contributed by atoms with Gasteiger partial charge in [0.25, 0.3) is 0 Å². The van der Waals surface area contributed by atoms with Crippen molar-refractivity contribution in [2.24, 2.45) is 0 Å². The maximum atomic E-state index is 12.2. The number of hydrogen-bond donors (Lipinski definition) is 2. The molecule has 0 saturated heterocycles. The van der Waals surface area contributed by atoms with Crippen molar-refractivity contribution >= 4 is 11.8 Å². The molecular formula is C16H22N4O2. The third-order valence-electron chi connectivity index (χ3n) is 3.35. The number of nitrogens with one attached hydrogen (secondary N) is 1. The van der Waals surface area contributed by atoms with Gasteiger partial charge in [-0.25, -0.2) is 9.48 Å². The van der Waals surface area contributed by atoms with Gasteiger partial charge >= 0.3 is 6.03 Å². The average Bonchev–Trinajstić information content (AvgIpc) is 2.85. The summed E-state index contributed by atoms with van der Waals surface area (Å²) in [6, 6.07) is 11.6. The second-order valence-electron chi connectivity index (χ2n) is 5.05. The van der Waals surface area contributed by atoms with Crippen LogP contribution in [0.5, 0.6) is 0 Å². The Morgan fingerprint density at radius 1 is 1.36 bits per heavy atom. The molecule has 0 atom stereocenters. The molecule has 0 aliphatic carbocycles. The van der Waals surface area contributed by atoms with Gasteiger partial charge in [-0.15, -0.1) is 0 Å². The number of hydrogen-bond acceptors (Lipinski definition) is 3. The van der Waals surface area contributed by atoms with Crippen LogP contribution in [0.2, 0.25) is 0 Å². The van der Waals surface area contributed by atoms with E-state index < -0.39 is 0 Å². The van der Waals surface area contributed by atoms with Gasteiger partial charge in [0.1, 0.15) is 5.82 Å². The van der Waals surface area contributed by atoms with Crippen LogP contribution in [0.1, 0.15) is 18.2 Å². The summed E-state index contributed by atoms with van der Waals surface area (Å²) in [5.74, 6) is 0.655. The number of anilines is 1. The highest BCUT2D eigenvalue weighted by Gasteiger charge is 2.14. The lowest BCUT2D eigenvalue weighted by Crippen LogP contribution is -2.37. The first-order chi connectivity index (χ1) is 10.6. The second kappa shape index (κ2) is 7.61. The molecule has 0 aliphatic heterocycles. The van der Waals surface area contributed by atoms with Crippen LogP contribution in [0.25, 0.3) is 0 Å². The van der Waals surface area contributed by atoms with Gasteiger partial charge < -0.3 is 10.0 Å². The van der Waals surface area contributed by atoms with Crippen molar-refractivity contribution < 1.29 is 9.90 Å². The predicted molar refractivity (Wildman–Crippen MR) is 85.9 cm³/mol. The van der Waals surface area contributed by atoms with Crippen molar-refractivity contribution in [3.8, 4) is 0 Å². The van der Waals surface area contributed by atoms with Crippen LogP contribution in [0.3, 0.4) is 0 Å². The number of aliphatic hydroxyl groups is 1. The van der Waals surface area contributed by atoms with Crippen LogP contribution in [0.15, 0.2) is 36.4 Å². The van der Waals surface area contributed by atoms with E-state index in [0.29, 0.717) is 25.5 Å². The lowest BCUT2D eigenvalue weighted by molar-refractivity contribution is 0.191. The Balaban J connectivity index is 2.12. The Hall–Kier alpha value is -2.34. The molecule has 2 aromatic rings. The van der Waals surface area contributed by atoms with E-state index in [9.17, 15) is 4.79 Å². The highest BCUT2D eigenvalue weighted by atomic mass is 16.3. The first-order valence-electron chi connectivity index (χ1n) is 7.39. The fourth-order valence-corrected chi connectivity index (χ4v) is 2.24. The van der Waals surface area contributed by atoms with Crippen molar-refractivity contribution in [3.05, 3.63) is 47.7 Å². The summed E-state index contributed by atoms with van der Waals surface area (Å²) in [6.07, 6.45) is 0. The normalized spacial score (nSPS) is 10.5. The summed E-state index contributed by atoms with van der Waals surface area (Å²) >= 11 is 0. The molecule has 0 bridgehead atoms. The van der Waals surface area contributed by atoms with E-state index in [1.807, 2.05) is 50.2 Å². The van der Waals surface area contributed by atoms with Crippen molar-refractivity contribution in [2.45, 2.75) is 20.4 Å². The number of rotatable bonds is 6. The molecule has 2 amide bonds. The van der Waals surface area contributed by atoms with Gasteiger partial charge in [-0.05, 0) is 19.4 Å². The van der Waals surface area contributed by atoms with Crippen molar-refractivity contribution in [2.75, 3.05) is 25.0 Å². The number of nitrogens with zero attached hydrogens (tertiary/aromatic N) is 3. The van der Waals surface area contributed by atoms with Crippen LogP contribution >= 0.6 is 0 Å². The summed E-state index contributed by atoms with van der Waals surface area (Å²) < 4.78 is 1.77. The van der Waals surface area contributed by atoms with Crippen LogP contribution in [0, 0.1) is 6.92 Å². The molecule has 1 aromatic heterocycles. The SMILES string of the molecule is CCN(CCO)C(=O)Nc1cc(C)nn1Cc1ccccc1. The lowest BCUT2D eigenvalue weighted by atomic mass is 10.2. The minimum absolute atomic E-state index is 0.0520. The molecular weight excluding hydrogens is 280 g/mol. The zero-order valence-electron chi connectivity index (χ0n) is 13.0. The molecule has 2 rings (SSSR count). The standard InChI is InChI=1S/C16H22N4O2/c1-3-19(9-10-21)16(22)17-15-11-13(2)18-20(15)12-14-7-5-4-6-8-14/h4-8,11,21H,3,9-10,12H2,1-2H3,(H,17,22). The van der Waals surface area contributed by atoms with Gasteiger partial charge in [0.2, 0.25) is 0 Å². The molecule has 0 aliphatic rings. The van der Waals surface area contributed by atoms with Gasteiger partial charge in [0, 0.05) is 19.2 Å². The molecule has 1 aromatic carbocycles. The molecule has 0 radical (unpaired) electrons. The number of aliphatic hydroxyl groups excluding tert-OH is 1. The van der Waals surface area contributed by atoms with E-state index in [-0.39, 0.29) is 12.6 Å². The fraction of sp³-hybridized carbons (Fsp3) is 0.375. The van der Waals surface area contributed by atoms with Crippen molar-refractivity contribution in [1.29, 1.82) is 0 Å². The Morgan fingerprint density at radius 3 is 2.73 bits per heavy atom. The number of carbonyl (C=O) groups excluding carboxylic acids is 1. The number of likely N-dealkylation sites (N-methyl/N-ethyl adjacent to an activating group) is 1. The van der Waals surface area contributed by atoms with Gasteiger partial charge in [-0.3, -0.25) is 5.32 Å². The van der Waals surface area contributed by atoms with Crippen LogP contribution in [0.4, 0.5) is 10.6 Å². The van der Waals surface area contributed by atoms with Crippen molar-refractivity contribution in [1.82, 2.24) is 14.7 Å². The molecule has 0 fully saturated rings. The Labute approximate surface area is 130 Å². The van der Waals surface area contributed by atoms with Gasteiger partial charge in [0.05, 0.1) is 18.8 Å².